The molecule has 14 heavy (non-hydrogen) atoms. The molecule has 1 aromatic heterocycles. The van der Waals surface area contributed by atoms with Crippen LogP contribution in [0.3, 0.4) is 0 Å². The van der Waals surface area contributed by atoms with Gasteiger partial charge in [-0.3, -0.25) is 4.90 Å². The van der Waals surface area contributed by atoms with Crippen molar-refractivity contribution < 1.29 is 4.52 Å². The van der Waals surface area contributed by atoms with Gasteiger partial charge in [0, 0.05) is 12.1 Å². The molecule has 2 heterocycles. The first-order valence-corrected chi connectivity index (χ1v) is 5.06. The molecule has 0 saturated carbocycles. The normalized spacial score (nSPS) is 29.4. The van der Waals surface area contributed by atoms with Crippen LogP contribution in [0.2, 0.25) is 0 Å². The van der Waals surface area contributed by atoms with Crippen molar-refractivity contribution in [3.8, 4) is 0 Å². The molecule has 0 radical (unpaired) electrons. The van der Waals surface area contributed by atoms with Crippen molar-refractivity contribution in [1.82, 2.24) is 10.1 Å². The van der Waals surface area contributed by atoms with Crippen molar-refractivity contribution in [2.45, 2.75) is 31.8 Å². The van der Waals surface area contributed by atoms with Crippen LogP contribution < -0.4 is 5.73 Å². The highest BCUT2D eigenvalue weighted by molar-refractivity contribution is 5.10. The van der Waals surface area contributed by atoms with Crippen LogP contribution in [0.25, 0.3) is 0 Å². The minimum atomic E-state index is 0.299. The van der Waals surface area contributed by atoms with Crippen LogP contribution in [0.5, 0.6) is 0 Å². The van der Waals surface area contributed by atoms with Gasteiger partial charge < -0.3 is 10.3 Å². The smallest absolute Gasteiger partial charge is 0.133 e. The van der Waals surface area contributed by atoms with Gasteiger partial charge in [0.15, 0.2) is 0 Å². The van der Waals surface area contributed by atoms with Crippen molar-refractivity contribution in [3.63, 3.8) is 0 Å². The van der Waals surface area contributed by atoms with Gasteiger partial charge in [0.05, 0.1) is 6.04 Å². The molecule has 4 nitrogen and oxygen atoms in total. The van der Waals surface area contributed by atoms with E-state index in [1.54, 1.807) is 0 Å². The summed E-state index contributed by atoms with van der Waals surface area (Å²) >= 11 is 0. The molecule has 1 aliphatic rings. The molecular weight excluding hydrogens is 178 g/mol. The monoisotopic (exact) mass is 195 g/mol. The second-order valence-electron chi connectivity index (χ2n) is 4.14. The lowest BCUT2D eigenvalue weighted by Gasteiger charge is -2.34. The van der Waals surface area contributed by atoms with Crippen LogP contribution in [0.1, 0.15) is 30.3 Å². The third-order valence-corrected chi connectivity index (χ3v) is 2.90. The van der Waals surface area contributed by atoms with Crippen molar-refractivity contribution in [1.29, 1.82) is 0 Å². The molecule has 0 amide bonds. The van der Waals surface area contributed by atoms with Gasteiger partial charge in [0.1, 0.15) is 11.5 Å². The maximum absolute atomic E-state index is 5.95. The van der Waals surface area contributed by atoms with Gasteiger partial charge in [0.25, 0.3) is 0 Å². The third-order valence-electron chi connectivity index (χ3n) is 2.90. The fourth-order valence-electron chi connectivity index (χ4n) is 2.00. The molecule has 78 valence electrons. The number of hydrogen-bond acceptors (Lipinski definition) is 4. The fourth-order valence-corrected chi connectivity index (χ4v) is 2.00. The van der Waals surface area contributed by atoms with Crippen LogP contribution in [-0.2, 0) is 0 Å². The van der Waals surface area contributed by atoms with Gasteiger partial charge >= 0.3 is 0 Å². The summed E-state index contributed by atoms with van der Waals surface area (Å²) in [6.07, 6.45) is 2.05. The van der Waals surface area contributed by atoms with Gasteiger partial charge in [-0.2, -0.15) is 0 Å². The first-order valence-electron chi connectivity index (χ1n) is 5.06. The van der Waals surface area contributed by atoms with Crippen LogP contribution in [0.4, 0.5) is 0 Å². The number of piperidine rings is 1. The summed E-state index contributed by atoms with van der Waals surface area (Å²) in [5.74, 6) is 0.868. The van der Waals surface area contributed by atoms with E-state index in [4.69, 9.17) is 10.3 Å². The molecule has 2 atom stereocenters. The van der Waals surface area contributed by atoms with Gasteiger partial charge in [-0.1, -0.05) is 5.16 Å². The number of aryl methyl sites for hydroxylation is 1. The van der Waals surface area contributed by atoms with Gasteiger partial charge in [0.2, 0.25) is 0 Å². The summed E-state index contributed by atoms with van der Waals surface area (Å²) in [6, 6.07) is 2.63. The number of hydrogen-bond donors (Lipinski definition) is 1. The molecule has 1 fully saturated rings. The standard InChI is InChI=1S/C10H17N3O/c1-7-5-9(12-14-7)10-6-8(11)3-4-13(10)2/h5,8,10H,3-4,6,11H2,1-2H3. The fraction of sp³-hybridized carbons (Fsp3) is 0.700. The van der Waals surface area contributed by atoms with E-state index in [-0.39, 0.29) is 0 Å². The van der Waals surface area contributed by atoms with Gasteiger partial charge in [-0.05, 0) is 33.4 Å². The predicted molar refractivity (Wildman–Crippen MR) is 53.8 cm³/mol. The summed E-state index contributed by atoms with van der Waals surface area (Å²) in [5, 5.41) is 4.05. The number of nitrogens with two attached hydrogens (primary N) is 1. The average Bonchev–Trinajstić information content (AvgIpc) is 2.56. The summed E-state index contributed by atoms with van der Waals surface area (Å²) < 4.78 is 5.08. The van der Waals surface area contributed by atoms with Crippen LogP contribution >= 0.6 is 0 Å². The second-order valence-corrected chi connectivity index (χ2v) is 4.14. The SMILES string of the molecule is Cc1cc(C2CC(N)CCN2C)no1. The molecule has 2 N–H and O–H groups in total. The molecule has 2 rings (SSSR count). The summed E-state index contributed by atoms with van der Waals surface area (Å²) in [7, 11) is 2.11. The van der Waals surface area contributed by atoms with E-state index in [1.807, 2.05) is 13.0 Å². The quantitative estimate of drug-likeness (QED) is 0.728. The molecule has 4 heteroatoms. The Morgan fingerprint density at radius 1 is 1.64 bits per heavy atom. The lowest BCUT2D eigenvalue weighted by molar-refractivity contribution is 0.163. The highest BCUT2D eigenvalue weighted by Gasteiger charge is 2.27. The molecule has 1 aliphatic heterocycles. The molecule has 0 spiro atoms. The Morgan fingerprint density at radius 3 is 3.07 bits per heavy atom. The molecular formula is C10H17N3O. The van der Waals surface area contributed by atoms with Crippen molar-refractivity contribution >= 4 is 0 Å². The van der Waals surface area contributed by atoms with E-state index in [1.165, 1.54) is 0 Å². The van der Waals surface area contributed by atoms with E-state index in [0.717, 1.165) is 30.8 Å². The van der Waals surface area contributed by atoms with E-state index in [0.29, 0.717) is 12.1 Å². The zero-order valence-electron chi connectivity index (χ0n) is 8.73. The Balaban J connectivity index is 2.15. The highest BCUT2D eigenvalue weighted by atomic mass is 16.5. The van der Waals surface area contributed by atoms with E-state index < -0.39 is 0 Å². The summed E-state index contributed by atoms with van der Waals surface area (Å²) in [4.78, 5) is 2.29. The number of likely N-dealkylation sites (tertiary alicyclic amines) is 1. The Labute approximate surface area is 84.0 Å². The van der Waals surface area contributed by atoms with Crippen LogP contribution in [0.15, 0.2) is 10.6 Å². The van der Waals surface area contributed by atoms with Gasteiger partial charge in [-0.25, -0.2) is 0 Å². The Kier molecular flexibility index (Phi) is 2.56. The van der Waals surface area contributed by atoms with Crippen LogP contribution in [0, 0.1) is 6.92 Å². The van der Waals surface area contributed by atoms with Crippen molar-refractivity contribution in [2.24, 2.45) is 5.73 Å². The Hall–Kier alpha value is -0.870. The molecule has 0 bridgehead atoms. The molecule has 2 unspecified atom stereocenters. The van der Waals surface area contributed by atoms with E-state index in [9.17, 15) is 0 Å². The van der Waals surface area contributed by atoms with E-state index >= 15 is 0 Å². The maximum Gasteiger partial charge on any atom is 0.133 e. The largest absolute Gasteiger partial charge is 0.361 e. The second kappa shape index (κ2) is 3.71. The molecule has 1 saturated heterocycles. The Morgan fingerprint density at radius 2 is 2.43 bits per heavy atom. The molecule has 1 aromatic rings. The summed E-state index contributed by atoms with van der Waals surface area (Å²) in [6.45, 7) is 2.96. The first kappa shape index (κ1) is 9.68. The van der Waals surface area contributed by atoms with Crippen molar-refractivity contribution in [2.75, 3.05) is 13.6 Å². The van der Waals surface area contributed by atoms with Gasteiger partial charge in [-0.15, -0.1) is 0 Å². The number of rotatable bonds is 1. The molecule has 0 aromatic carbocycles. The van der Waals surface area contributed by atoms with Crippen molar-refractivity contribution in [3.05, 3.63) is 17.5 Å². The zero-order chi connectivity index (χ0) is 10.1. The number of nitrogens with zero attached hydrogens (tertiary/aromatic N) is 2. The Bertz CT molecular complexity index is 310. The van der Waals surface area contributed by atoms with E-state index in [2.05, 4.69) is 17.1 Å². The minimum Gasteiger partial charge on any atom is -0.361 e. The zero-order valence-corrected chi connectivity index (χ0v) is 8.73. The topological polar surface area (TPSA) is 55.3 Å². The lowest BCUT2D eigenvalue weighted by Crippen LogP contribution is -2.40. The highest BCUT2D eigenvalue weighted by Crippen LogP contribution is 2.28. The molecule has 0 aliphatic carbocycles. The lowest BCUT2D eigenvalue weighted by atomic mass is 9.96. The average molecular weight is 195 g/mol. The maximum atomic E-state index is 5.95. The number of aromatic nitrogens is 1. The summed E-state index contributed by atoms with van der Waals surface area (Å²) in [5.41, 5.74) is 6.96. The minimum absolute atomic E-state index is 0.299. The van der Waals surface area contributed by atoms with Crippen LogP contribution in [-0.4, -0.2) is 29.7 Å². The first-order chi connectivity index (χ1) is 6.66. The third kappa shape index (κ3) is 1.81. The predicted octanol–water partition coefficient (Wildman–Crippen LogP) is 1.08.